The molecule has 0 spiro atoms. The summed E-state index contributed by atoms with van der Waals surface area (Å²) in [6, 6.07) is 19.3. The maximum absolute atomic E-state index is 13.4. The third kappa shape index (κ3) is 3.24. The van der Waals surface area contributed by atoms with Gasteiger partial charge in [0.05, 0.1) is 11.4 Å². The molecule has 1 aliphatic rings. The first kappa shape index (κ1) is 19.3. The Bertz CT molecular complexity index is 1350. The van der Waals surface area contributed by atoms with Gasteiger partial charge in [-0.1, -0.05) is 36.4 Å². The molecule has 31 heavy (non-hydrogen) atoms. The van der Waals surface area contributed by atoms with E-state index in [9.17, 15) is 9.59 Å². The molecule has 1 aliphatic heterocycles. The minimum Gasteiger partial charge on any atom is -0.311 e. The predicted octanol–water partition coefficient (Wildman–Crippen LogP) is 3.78. The molecule has 3 heterocycles. The van der Waals surface area contributed by atoms with Gasteiger partial charge in [0, 0.05) is 23.7 Å². The van der Waals surface area contributed by atoms with E-state index in [1.54, 1.807) is 15.3 Å². The Kier molecular flexibility index (Phi) is 4.70. The lowest BCUT2D eigenvalue weighted by Gasteiger charge is -2.29. The Labute approximate surface area is 180 Å². The number of pyridine rings is 1. The van der Waals surface area contributed by atoms with E-state index in [0.717, 1.165) is 40.9 Å². The van der Waals surface area contributed by atoms with Crippen LogP contribution in [0.4, 0.5) is 5.69 Å². The van der Waals surface area contributed by atoms with Crippen LogP contribution in [0.2, 0.25) is 0 Å². The van der Waals surface area contributed by atoms with Gasteiger partial charge in [0.25, 0.3) is 5.56 Å². The van der Waals surface area contributed by atoms with Crippen molar-refractivity contribution in [2.75, 3.05) is 11.4 Å². The molecule has 4 aromatic rings. The molecule has 0 atom stereocenters. The van der Waals surface area contributed by atoms with Crippen LogP contribution in [0.3, 0.4) is 0 Å². The highest BCUT2D eigenvalue weighted by Crippen LogP contribution is 2.28. The molecule has 0 N–H and O–H groups in total. The fourth-order valence-corrected chi connectivity index (χ4v) is 4.58. The summed E-state index contributed by atoms with van der Waals surface area (Å²) < 4.78 is 3.34. The second-order valence-corrected chi connectivity index (χ2v) is 8.06. The Morgan fingerprint density at radius 2 is 1.77 bits per heavy atom. The summed E-state index contributed by atoms with van der Waals surface area (Å²) in [6.45, 7) is 4.49. The molecule has 0 unspecified atom stereocenters. The van der Waals surface area contributed by atoms with Crippen molar-refractivity contribution in [2.24, 2.45) is 0 Å². The van der Waals surface area contributed by atoms with Gasteiger partial charge in [-0.15, -0.1) is 0 Å². The van der Waals surface area contributed by atoms with Gasteiger partial charge in [-0.05, 0) is 56.0 Å². The molecule has 2 aromatic heterocycles. The van der Waals surface area contributed by atoms with Crippen LogP contribution in [0, 0.1) is 13.8 Å². The van der Waals surface area contributed by atoms with Crippen molar-refractivity contribution < 1.29 is 4.79 Å². The highest BCUT2D eigenvalue weighted by atomic mass is 16.2. The van der Waals surface area contributed by atoms with Crippen molar-refractivity contribution in [2.45, 2.75) is 33.2 Å². The van der Waals surface area contributed by atoms with Gasteiger partial charge in [-0.25, -0.2) is 4.68 Å². The second-order valence-electron chi connectivity index (χ2n) is 8.06. The van der Waals surface area contributed by atoms with Gasteiger partial charge in [0.1, 0.15) is 12.2 Å². The van der Waals surface area contributed by atoms with Crippen molar-refractivity contribution in [1.29, 1.82) is 0 Å². The third-order valence-corrected chi connectivity index (χ3v) is 6.00. The quantitative estimate of drug-likeness (QED) is 0.514. The summed E-state index contributed by atoms with van der Waals surface area (Å²) in [7, 11) is 0. The topological polar surface area (TPSA) is 60.1 Å². The zero-order valence-corrected chi connectivity index (χ0v) is 17.7. The number of nitrogens with zero attached hydrogens (tertiary/aromatic N) is 4. The number of aryl methyl sites for hydroxylation is 3. The van der Waals surface area contributed by atoms with Crippen LogP contribution in [0.25, 0.3) is 16.7 Å². The normalized spacial score (nSPS) is 13.4. The monoisotopic (exact) mass is 412 g/mol. The lowest BCUT2D eigenvalue weighted by Crippen LogP contribution is -2.39. The van der Waals surface area contributed by atoms with Crippen LogP contribution in [0.15, 0.2) is 65.5 Å². The molecule has 0 fully saturated rings. The number of hydrogen-bond acceptors (Lipinski definition) is 3. The van der Waals surface area contributed by atoms with Crippen molar-refractivity contribution in [1.82, 2.24) is 14.3 Å². The average Bonchev–Trinajstić information content (AvgIpc) is 3.14. The van der Waals surface area contributed by atoms with E-state index in [4.69, 9.17) is 5.10 Å². The number of carbonyl (C=O) groups excluding carboxylic acids is 1. The van der Waals surface area contributed by atoms with E-state index in [1.165, 1.54) is 5.56 Å². The molecule has 6 heteroatoms. The molecule has 5 rings (SSSR count). The maximum Gasteiger partial charge on any atom is 0.252 e. The van der Waals surface area contributed by atoms with E-state index < -0.39 is 0 Å². The molecular weight excluding hydrogens is 388 g/mol. The number of aromatic nitrogens is 3. The molecule has 0 saturated carbocycles. The predicted molar refractivity (Wildman–Crippen MR) is 122 cm³/mol. The summed E-state index contributed by atoms with van der Waals surface area (Å²) in [6.07, 6.45) is 1.89. The summed E-state index contributed by atoms with van der Waals surface area (Å²) in [5.74, 6) is -0.0853. The molecular formula is C25H24N4O2. The van der Waals surface area contributed by atoms with Gasteiger partial charge in [-0.3, -0.25) is 14.2 Å². The number of fused-ring (bicyclic) bond motifs is 2. The van der Waals surface area contributed by atoms with Gasteiger partial charge in [0.15, 0.2) is 0 Å². The largest absolute Gasteiger partial charge is 0.311 e. The average molecular weight is 412 g/mol. The fraction of sp³-hybridized carbons (Fsp3) is 0.240. The van der Waals surface area contributed by atoms with Crippen LogP contribution in [0.5, 0.6) is 0 Å². The molecule has 2 aromatic carbocycles. The van der Waals surface area contributed by atoms with Crippen LogP contribution >= 0.6 is 0 Å². The lowest BCUT2D eigenvalue weighted by molar-refractivity contribution is -0.119. The molecule has 0 aliphatic carbocycles. The highest BCUT2D eigenvalue weighted by molar-refractivity contribution is 5.95. The summed E-state index contributed by atoms with van der Waals surface area (Å²) in [5.41, 5.74) is 5.15. The highest BCUT2D eigenvalue weighted by Gasteiger charge is 2.25. The van der Waals surface area contributed by atoms with Crippen molar-refractivity contribution in [3.8, 4) is 5.69 Å². The van der Waals surface area contributed by atoms with Gasteiger partial charge in [0.2, 0.25) is 5.91 Å². The van der Waals surface area contributed by atoms with Crippen molar-refractivity contribution in [3.05, 3.63) is 87.8 Å². The van der Waals surface area contributed by atoms with Crippen LogP contribution in [-0.4, -0.2) is 26.8 Å². The fourth-order valence-electron chi connectivity index (χ4n) is 4.58. The SMILES string of the molecule is Cc1cc(=O)n(CC(=O)N2CCCc3ccccc32)c2c1c(C)nn2-c1ccccc1. The number of rotatable bonds is 3. The number of benzene rings is 2. The number of anilines is 1. The first-order valence-electron chi connectivity index (χ1n) is 10.6. The Balaban J connectivity index is 1.64. The third-order valence-electron chi connectivity index (χ3n) is 6.00. The van der Waals surface area contributed by atoms with E-state index in [1.807, 2.05) is 67.3 Å². The lowest BCUT2D eigenvalue weighted by atomic mass is 10.0. The maximum atomic E-state index is 13.4. The first-order valence-corrected chi connectivity index (χ1v) is 10.6. The van der Waals surface area contributed by atoms with Gasteiger partial charge < -0.3 is 4.90 Å². The van der Waals surface area contributed by atoms with E-state index in [-0.39, 0.29) is 18.0 Å². The molecule has 0 saturated heterocycles. The van der Waals surface area contributed by atoms with Crippen LogP contribution < -0.4 is 10.5 Å². The summed E-state index contributed by atoms with van der Waals surface area (Å²) >= 11 is 0. The number of hydrogen-bond donors (Lipinski definition) is 0. The molecule has 6 nitrogen and oxygen atoms in total. The molecule has 156 valence electrons. The Morgan fingerprint density at radius 1 is 1.03 bits per heavy atom. The summed E-state index contributed by atoms with van der Waals surface area (Å²) in [5, 5.41) is 5.62. The van der Waals surface area contributed by atoms with Gasteiger partial charge >= 0.3 is 0 Å². The number of carbonyl (C=O) groups is 1. The first-order chi connectivity index (χ1) is 15.0. The standard InChI is InChI=1S/C25H24N4O2/c1-17-15-22(30)28(16-23(31)27-14-8-10-19-9-6-7-13-21(19)27)25-24(17)18(2)26-29(25)20-11-4-3-5-12-20/h3-7,9,11-13,15H,8,10,14,16H2,1-2H3. The minimum absolute atomic E-state index is 0.0259. The Morgan fingerprint density at radius 3 is 2.58 bits per heavy atom. The number of para-hydroxylation sites is 2. The zero-order valence-electron chi connectivity index (χ0n) is 17.7. The van der Waals surface area contributed by atoms with Gasteiger partial charge in [-0.2, -0.15) is 5.10 Å². The Hall–Kier alpha value is -3.67. The van der Waals surface area contributed by atoms with E-state index in [0.29, 0.717) is 12.2 Å². The van der Waals surface area contributed by atoms with Crippen LogP contribution in [0.1, 0.15) is 23.2 Å². The molecule has 0 radical (unpaired) electrons. The zero-order chi connectivity index (χ0) is 21.5. The van der Waals surface area contributed by atoms with Crippen LogP contribution in [-0.2, 0) is 17.8 Å². The smallest absolute Gasteiger partial charge is 0.252 e. The number of amides is 1. The summed E-state index contributed by atoms with van der Waals surface area (Å²) in [4.78, 5) is 28.3. The minimum atomic E-state index is -0.194. The molecule has 1 amide bonds. The molecule has 0 bridgehead atoms. The van der Waals surface area contributed by atoms with Crippen molar-refractivity contribution >= 4 is 22.6 Å². The van der Waals surface area contributed by atoms with Crippen molar-refractivity contribution in [3.63, 3.8) is 0 Å². The second kappa shape index (κ2) is 7.54. The van der Waals surface area contributed by atoms with E-state index in [2.05, 4.69) is 6.07 Å². The van der Waals surface area contributed by atoms with E-state index >= 15 is 0 Å².